The first kappa shape index (κ1) is 20.0. The Morgan fingerprint density at radius 2 is 1.85 bits per heavy atom. The fraction of sp³-hybridized carbons (Fsp3) is 0.312. The molecule has 0 unspecified atom stereocenters. The number of hydrogen-bond acceptors (Lipinski definition) is 6. The van der Waals surface area contributed by atoms with Crippen LogP contribution in [0.15, 0.2) is 39.4 Å². The van der Waals surface area contributed by atoms with Crippen molar-refractivity contribution in [2.24, 2.45) is 0 Å². The van der Waals surface area contributed by atoms with Crippen LogP contribution in [0.25, 0.3) is 0 Å². The van der Waals surface area contributed by atoms with Gasteiger partial charge in [0.2, 0.25) is 15.9 Å². The van der Waals surface area contributed by atoms with Crippen molar-refractivity contribution in [1.29, 1.82) is 0 Å². The van der Waals surface area contributed by atoms with Gasteiger partial charge in [-0.15, -0.1) is 11.3 Å². The summed E-state index contributed by atoms with van der Waals surface area (Å²) in [5, 5.41) is 2.71. The smallest absolute Gasteiger partial charge is 0.252 e. The molecule has 0 radical (unpaired) electrons. The molecule has 0 bridgehead atoms. The van der Waals surface area contributed by atoms with Crippen LogP contribution < -0.4 is 10.0 Å². The Balaban J connectivity index is 1.75. The predicted octanol–water partition coefficient (Wildman–Crippen LogP) is 1.36. The summed E-state index contributed by atoms with van der Waals surface area (Å²) in [5.74, 6) is -0.0857. The van der Waals surface area contributed by atoms with Crippen LogP contribution in [0.4, 0.5) is 5.69 Å². The van der Waals surface area contributed by atoms with Crippen molar-refractivity contribution in [3.63, 3.8) is 0 Å². The molecule has 2 N–H and O–H groups in total. The number of fused-ring (bicyclic) bond motifs is 1. The number of anilines is 1. The zero-order chi connectivity index (χ0) is 19.8. The number of sulfonamides is 2. The number of rotatable bonds is 6. The first-order chi connectivity index (χ1) is 12.6. The molecule has 1 amide bonds. The second kappa shape index (κ2) is 7.32. The van der Waals surface area contributed by atoms with Crippen LogP contribution in [0.2, 0.25) is 0 Å². The Morgan fingerprint density at radius 3 is 2.56 bits per heavy atom. The Bertz CT molecular complexity index is 1090. The molecular weight excluding hydrogens is 410 g/mol. The molecule has 27 heavy (non-hydrogen) atoms. The van der Waals surface area contributed by atoms with E-state index in [4.69, 9.17) is 0 Å². The zero-order valence-electron chi connectivity index (χ0n) is 14.7. The minimum absolute atomic E-state index is 0.0101. The molecule has 0 aliphatic carbocycles. The molecule has 1 aliphatic heterocycles. The lowest BCUT2D eigenvalue weighted by Gasteiger charge is -2.17. The van der Waals surface area contributed by atoms with E-state index in [2.05, 4.69) is 10.0 Å². The highest BCUT2D eigenvalue weighted by atomic mass is 32.2. The fourth-order valence-corrected chi connectivity index (χ4v) is 6.16. The van der Waals surface area contributed by atoms with Gasteiger partial charge in [-0.3, -0.25) is 4.79 Å². The molecule has 146 valence electrons. The maximum Gasteiger partial charge on any atom is 0.252 e. The van der Waals surface area contributed by atoms with Crippen LogP contribution in [0.1, 0.15) is 16.9 Å². The molecule has 1 aromatic carbocycles. The van der Waals surface area contributed by atoms with Gasteiger partial charge in [-0.2, -0.15) is 0 Å². The van der Waals surface area contributed by atoms with Crippen molar-refractivity contribution in [2.45, 2.75) is 28.5 Å². The summed E-state index contributed by atoms with van der Waals surface area (Å²) >= 11 is 1.02. The highest BCUT2D eigenvalue weighted by molar-refractivity contribution is 7.91. The van der Waals surface area contributed by atoms with E-state index in [0.717, 1.165) is 21.2 Å². The van der Waals surface area contributed by atoms with Crippen LogP contribution in [0, 0.1) is 0 Å². The molecule has 11 heteroatoms. The van der Waals surface area contributed by atoms with E-state index < -0.39 is 20.0 Å². The van der Waals surface area contributed by atoms with Crippen molar-refractivity contribution in [3.05, 3.63) is 40.8 Å². The van der Waals surface area contributed by atoms with Crippen molar-refractivity contribution in [1.82, 2.24) is 9.03 Å². The van der Waals surface area contributed by atoms with E-state index >= 15 is 0 Å². The topological polar surface area (TPSA) is 113 Å². The lowest BCUT2D eigenvalue weighted by molar-refractivity contribution is -0.116. The first-order valence-electron chi connectivity index (χ1n) is 8.03. The summed E-state index contributed by atoms with van der Waals surface area (Å²) < 4.78 is 53.0. The molecule has 2 aromatic rings. The van der Waals surface area contributed by atoms with Gasteiger partial charge in [0, 0.05) is 37.6 Å². The number of amides is 1. The third kappa shape index (κ3) is 4.22. The average Bonchev–Trinajstić information content (AvgIpc) is 3.09. The van der Waals surface area contributed by atoms with Crippen LogP contribution in [0.3, 0.4) is 0 Å². The number of benzene rings is 1. The molecule has 0 saturated heterocycles. The number of thiophene rings is 1. The van der Waals surface area contributed by atoms with Gasteiger partial charge in [0.25, 0.3) is 10.0 Å². The highest BCUT2D eigenvalue weighted by Crippen LogP contribution is 2.26. The van der Waals surface area contributed by atoms with Gasteiger partial charge in [0.15, 0.2) is 0 Å². The molecule has 8 nitrogen and oxygen atoms in total. The number of nitrogens with zero attached hydrogens (tertiary/aromatic N) is 1. The van der Waals surface area contributed by atoms with Crippen LogP contribution in [-0.2, 0) is 37.8 Å². The zero-order valence-corrected chi connectivity index (χ0v) is 17.2. The number of carbonyl (C=O) groups excluding carboxylic acids is 1. The summed E-state index contributed by atoms with van der Waals surface area (Å²) in [5.41, 5.74) is 1.40. The molecule has 1 aromatic heterocycles. The van der Waals surface area contributed by atoms with Gasteiger partial charge in [-0.05, 0) is 42.3 Å². The molecule has 0 atom stereocenters. The standard InChI is InChI=1S/C16H19N3O5S3/c1-19(2)27(23,24)16-8-4-12(25-16)10-17-26(21,22)13-5-6-14-11(9-13)3-7-15(20)18-14/h4-6,8-9,17H,3,7,10H2,1-2H3,(H,18,20). The number of nitrogens with one attached hydrogen (secondary N) is 2. The summed E-state index contributed by atoms with van der Waals surface area (Å²) in [4.78, 5) is 12.1. The second-order valence-electron chi connectivity index (χ2n) is 6.20. The van der Waals surface area contributed by atoms with Crippen molar-refractivity contribution in [2.75, 3.05) is 19.4 Å². The van der Waals surface area contributed by atoms with E-state index in [1.54, 1.807) is 18.2 Å². The Labute approximate surface area is 162 Å². The SMILES string of the molecule is CN(C)S(=O)(=O)c1ccc(CNS(=O)(=O)c2ccc3c(c2)CCC(=O)N3)s1. The Hall–Kier alpha value is -1.79. The molecule has 3 rings (SSSR count). The normalized spacial score (nSPS) is 14.9. The quantitative estimate of drug-likeness (QED) is 0.720. The van der Waals surface area contributed by atoms with Crippen LogP contribution in [0.5, 0.6) is 0 Å². The van der Waals surface area contributed by atoms with E-state index in [1.807, 2.05) is 0 Å². The lowest BCUT2D eigenvalue weighted by Crippen LogP contribution is -2.24. The monoisotopic (exact) mass is 429 g/mol. The van der Waals surface area contributed by atoms with Gasteiger partial charge >= 0.3 is 0 Å². The molecule has 0 saturated carbocycles. The third-order valence-electron chi connectivity index (χ3n) is 4.09. The molecule has 0 fully saturated rings. The molecule has 2 heterocycles. The van der Waals surface area contributed by atoms with E-state index in [9.17, 15) is 21.6 Å². The first-order valence-corrected chi connectivity index (χ1v) is 11.8. The van der Waals surface area contributed by atoms with Gasteiger partial charge in [0.1, 0.15) is 4.21 Å². The van der Waals surface area contributed by atoms with Crippen molar-refractivity contribution < 1.29 is 21.6 Å². The van der Waals surface area contributed by atoms with Gasteiger partial charge in [-0.1, -0.05) is 0 Å². The molecular formula is C16H19N3O5S3. The minimum atomic E-state index is -3.76. The summed E-state index contributed by atoms with van der Waals surface area (Å²) in [6.07, 6.45) is 0.809. The summed E-state index contributed by atoms with van der Waals surface area (Å²) in [7, 11) is -4.42. The number of aryl methyl sites for hydroxylation is 1. The number of carbonyl (C=O) groups is 1. The van der Waals surface area contributed by atoms with Gasteiger partial charge in [0.05, 0.1) is 4.90 Å². The second-order valence-corrected chi connectivity index (χ2v) is 11.5. The summed E-state index contributed by atoms with van der Waals surface area (Å²) in [6.45, 7) is -0.0101. The number of hydrogen-bond donors (Lipinski definition) is 2. The maximum absolute atomic E-state index is 12.5. The lowest BCUT2D eigenvalue weighted by atomic mass is 10.0. The van der Waals surface area contributed by atoms with Crippen molar-refractivity contribution in [3.8, 4) is 0 Å². The predicted molar refractivity (Wildman–Crippen MR) is 103 cm³/mol. The van der Waals surface area contributed by atoms with Crippen molar-refractivity contribution >= 4 is 43.0 Å². The largest absolute Gasteiger partial charge is 0.326 e. The van der Waals surface area contributed by atoms with E-state index in [-0.39, 0.29) is 21.6 Å². The van der Waals surface area contributed by atoms with Crippen LogP contribution in [-0.4, -0.2) is 41.1 Å². The third-order valence-corrected chi connectivity index (χ3v) is 8.86. The highest BCUT2D eigenvalue weighted by Gasteiger charge is 2.22. The Kier molecular flexibility index (Phi) is 5.41. The van der Waals surface area contributed by atoms with E-state index in [1.165, 1.54) is 26.2 Å². The fourth-order valence-electron chi connectivity index (χ4n) is 2.55. The average molecular weight is 430 g/mol. The van der Waals surface area contributed by atoms with Gasteiger partial charge in [-0.25, -0.2) is 25.9 Å². The van der Waals surface area contributed by atoms with Crippen LogP contribution >= 0.6 is 11.3 Å². The van der Waals surface area contributed by atoms with Gasteiger partial charge < -0.3 is 5.32 Å². The summed E-state index contributed by atoms with van der Waals surface area (Å²) in [6, 6.07) is 7.61. The molecule has 0 spiro atoms. The molecule has 1 aliphatic rings. The Morgan fingerprint density at radius 1 is 1.11 bits per heavy atom. The van der Waals surface area contributed by atoms with E-state index in [0.29, 0.717) is 23.4 Å². The maximum atomic E-state index is 12.5. The minimum Gasteiger partial charge on any atom is -0.326 e.